The van der Waals surface area contributed by atoms with Gasteiger partial charge in [-0.25, -0.2) is 0 Å². The van der Waals surface area contributed by atoms with Crippen molar-refractivity contribution in [3.05, 3.63) is 33.9 Å². The maximum atomic E-state index is 10.7. The summed E-state index contributed by atoms with van der Waals surface area (Å²) in [5, 5.41) is 13.0. The molecule has 0 saturated heterocycles. The standard InChI is InChI=1S/C8H11N2O5P/c1-6-2-3-7(8(4-6)10(11)12)9-5-16(13,14)15/h2-4,9H,5H2,1H3,(H2,13,14,15). The molecule has 88 valence electrons. The number of nitrogens with zero attached hydrogens (tertiary/aromatic N) is 1. The Kier molecular flexibility index (Phi) is 3.64. The number of rotatable bonds is 4. The number of hydrogen-bond acceptors (Lipinski definition) is 4. The summed E-state index contributed by atoms with van der Waals surface area (Å²) in [6.45, 7) is 1.69. The molecule has 8 heteroatoms. The SMILES string of the molecule is Cc1ccc(NCP(=O)(O)O)c([N+](=O)[O-])c1. The molecule has 0 aliphatic carbocycles. The summed E-state index contributed by atoms with van der Waals surface area (Å²) in [5.41, 5.74) is 0.598. The van der Waals surface area contributed by atoms with Gasteiger partial charge in [-0.05, 0) is 18.6 Å². The van der Waals surface area contributed by atoms with Crippen molar-refractivity contribution in [3.8, 4) is 0 Å². The van der Waals surface area contributed by atoms with Crippen molar-refractivity contribution in [1.82, 2.24) is 0 Å². The monoisotopic (exact) mass is 246 g/mol. The van der Waals surface area contributed by atoms with Crippen LogP contribution in [0.1, 0.15) is 5.56 Å². The number of nitrogens with one attached hydrogen (secondary N) is 1. The van der Waals surface area contributed by atoms with Gasteiger partial charge in [0.05, 0.1) is 4.92 Å². The molecule has 1 aromatic carbocycles. The molecule has 3 N–H and O–H groups in total. The molecule has 0 aliphatic heterocycles. The molecule has 0 unspecified atom stereocenters. The molecule has 0 amide bonds. The van der Waals surface area contributed by atoms with Crippen LogP contribution in [-0.2, 0) is 4.57 Å². The van der Waals surface area contributed by atoms with E-state index in [9.17, 15) is 14.7 Å². The minimum Gasteiger partial charge on any atom is -0.368 e. The number of benzene rings is 1. The summed E-state index contributed by atoms with van der Waals surface area (Å²) in [4.78, 5) is 27.4. The van der Waals surface area contributed by atoms with E-state index in [0.29, 0.717) is 5.56 Å². The second-order valence-electron chi connectivity index (χ2n) is 3.28. The fourth-order valence-electron chi connectivity index (χ4n) is 1.13. The Bertz CT molecular complexity index is 456. The van der Waals surface area contributed by atoms with Crippen LogP contribution in [0.2, 0.25) is 0 Å². The van der Waals surface area contributed by atoms with Crippen LogP contribution in [0.25, 0.3) is 0 Å². The number of hydrogen-bond donors (Lipinski definition) is 3. The van der Waals surface area contributed by atoms with E-state index in [1.807, 2.05) is 0 Å². The summed E-state index contributed by atoms with van der Waals surface area (Å²) < 4.78 is 10.6. The minimum absolute atomic E-state index is 0.0962. The average molecular weight is 246 g/mol. The average Bonchev–Trinajstić information content (AvgIpc) is 2.14. The molecule has 1 aromatic rings. The second kappa shape index (κ2) is 4.61. The van der Waals surface area contributed by atoms with Gasteiger partial charge >= 0.3 is 7.60 Å². The van der Waals surface area contributed by atoms with Gasteiger partial charge in [-0.15, -0.1) is 0 Å². The van der Waals surface area contributed by atoms with Crippen LogP contribution < -0.4 is 5.32 Å². The van der Waals surface area contributed by atoms with Crippen molar-refractivity contribution in [2.24, 2.45) is 0 Å². The fourth-order valence-corrected chi connectivity index (χ4v) is 1.51. The maximum absolute atomic E-state index is 10.7. The Labute approximate surface area is 91.4 Å². The van der Waals surface area contributed by atoms with Gasteiger partial charge in [0.15, 0.2) is 0 Å². The third-order valence-electron chi connectivity index (χ3n) is 1.83. The molecule has 1 rings (SSSR count). The quantitative estimate of drug-likeness (QED) is 0.421. The Morgan fingerprint density at radius 2 is 2.12 bits per heavy atom. The van der Waals surface area contributed by atoms with Gasteiger partial charge in [0, 0.05) is 6.07 Å². The van der Waals surface area contributed by atoms with E-state index < -0.39 is 18.8 Å². The molecular weight excluding hydrogens is 235 g/mol. The van der Waals surface area contributed by atoms with Gasteiger partial charge in [-0.2, -0.15) is 0 Å². The van der Waals surface area contributed by atoms with Crippen molar-refractivity contribution >= 4 is 19.0 Å². The predicted octanol–water partition coefficient (Wildman–Crippen LogP) is 1.45. The summed E-state index contributed by atoms with van der Waals surface area (Å²) in [7, 11) is -4.23. The molecule has 0 saturated carbocycles. The lowest BCUT2D eigenvalue weighted by Gasteiger charge is -2.08. The van der Waals surface area contributed by atoms with Crippen molar-refractivity contribution in [3.63, 3.8) is 0 Å². The largest absolute Gasteiger partial charge is 0.368 e. The second-order valence-corrected chi connectivity index (χ2v) is 4.92. The predicted molar refractivity (Wildman–Crippen MR) is 58.4 cm³/mol. The topological polar surface area (TPSA) is 113 Å². The molecule has 0 fully saturated rings. The van der Waals surface area contributed by atoms with Crippen LogP contribution in [0.3, 0.4) is 0 Å². The molecule has 0 radical (unpaired) electrons. The molecule has 16 heavy (non-hydrogen) atoms. The highest BCUT2D eigenvalue weighted by Gasteiger charge is 2.17. The zero-order valence-corrected chi connectivity index (χ0v) is 9.35. The van der Waals surface area contributed by atoms with Crippen LogP contribution in [-0.4, -0.2) is 21.0 Å². The first-order valence-electron chi connectivity index (χ1n) is 4.33. The lowest BCUT2D eigenvalue weighted by molar-refractivity contribution is -0.384. The van der Waals surface area contributed by atoms with E-state index >= 15 is 0 Å². The molecular formula is C8H11N2O5P. The lowest BCUT2D eigenvalue weighted by Crippen LogP contribution is -2.04. The highest BCUT2D eigenvalue weighted by molar-refractivity contribution is 7.51. The lowest BCUT2D eigenvalue weighted by atomic mass is 10.2. The number of nitro groups is 1. The summed E-state index contributed by atoms with van der Waals surface area (Å²) in [6, 6.07) is 4.38. The smallest absolute Gasteiger partial charge is 0.344 e. The third-order valence-corrected chi connectivity index (χ3v) is 2.40. The van der Waals surface area contributed by atoms with Gasteiger partial charge in [-0.3, -0.25) is 14.7 Å². The molecule has 0 aromatic heterocycles. The first-order chi connectivity index (χ1) is 7.29. The Morgan fingerprint density at radius 3 is 2.62 bits per heavy atom. The molecule has 0 spiro atoms. The van der Waals surface area contributed by atoms with Gasteiger partial charge in [-0.1, -0.05) is 6.07 Å². The first kappa shape index (κ1) is 12.6. The fraction of sp³-hybridized carbons (Fsp3) is 0.250. The normalized spacial score (nSPS) is 11.2. The van der Waals surface area contributed by atoms with E-state index in [1.165, 1.54) is 12.1 Å². The molecule has 0 atom stereocenters. The Morgan fingerprint density at radius 1 is 1.50 bits per heavy atom. The van der Waals surface area contributed by atoms with E-state index in [1.54, 1.807) is 13.0 Å². The maximum Gasteiger partial charge on any atom is 0.344 e. The number of nitro benzene ring substituents is 1. The van der Waals surface area contributed by atoms with E-state index in [4.69, 9.17) is 9.79 Å². The zero-order chi connectivity index (χ0) is 12.3. The molecule has 7 nitrogen and oxygen atoms in total. The van der Waals surface area contributed by atoms with Crippen molar-refractivity contribution < 1.29 is 19.3 Å². The summed E-state index contributed by atoms with van der Waals surface area (Å²) in [5.74, 6) is 0. The van der Waals surface area contributed by atoms with Crippen molar-refractivity contribution in [2.75, 3.05) is 11.6 Å². The van der Waals surface area contributed by atoms with E-state index in [0.717, 1.165) is 0 Å². The van der Waals surface area contributed by atoms with Crippen LogP contribution in [0.4, 0.5) is 11.4 Å². The Hall–Kier alpha value is -1.43. The number of anilines is 1. The molecule has 0 aliphatic rings. The zero-order valence-electron chi connectivity index (χ0n) is 8.45. The van der Waals surface area contributed by atoms with Crippen molar-refractivity contribution in [2.45, 2.75) is 6.92 Å². The Balaban J connectivity index is 2.96. The third kappa shape index (κ3) is 3.62. The highest BCUT2D eigenvalue weighted by atomic mass is 31.2. The first-order valence-corrected chi connectivity index (χ1v) is 6.13. The van der Waals surface area contributed by atoms with Crippen molar-refractivity contribution in [1.29, 1.82) is 0 Å². The molecule has 0 bridgehead atoms. The van der Waals surface area contributed by atoms with Gasteiger partial charge in [0.25, 0.3) is 5.69 Å². The van der Waals surface area contributed by atoms with Crippen LogP contribution >= 0.6 is 7.60 Å². The summed E-state index contributed by atoms with van der Waals surface area (Å²) >= 11 is 0. The summed E-state index contributed by atoms with van der Waals surface area (Å²) in [6.07, 6.45) is -0.628. The van der Waals surface area contributed by atoms with Gasteiger partial charge < -0.3 is 15.1 Å². The van der Waals surface area contributed by atoms with Crippen LogP contribution in [0.5, 0.6) is 0 Å². The molecule has 0 heterocycles. The number of aryl methyl sites for hydroxylation is 1. The van der Waals surface area contributed by atoms with Gasteiger partial charge in [0.2, 0.25) is 0 Å². The van der Waals surface area contributed by atoms with E-state index in [-0.39, 0.29) is 11.4 Å². The van der Waals surface area contributed by atoms with Crippen LogP contribution in [0.15, 0.2) is 18.2 Å². The highest BCUT2D eigenvalue weighted by Crippen LogP contribution is 2.35. The van der Waals surface area contributed by atoms with E-state index in [2.05, 4.69) is 5.32 Å². The van der Waals surface area contributed by atoms with Gasteiger partial charge in [0.1, 0.15) is 12.0 Å². The van der Waals surface area contributed by atoms with Crippen LogP contribution in [0, 0.1) is 17.0 Å². The minimum atomic E-state index is -4.23.